The number of rotatable bonds is 3. The average Bonchev–Trinajstić information content (AvgIpc) is 3.25. The first-order chi connectivity index (χ1) is 14.1. The molecule has 1 aromatic heterocycles. The van der Waals surface area contributed by atoms with Crippen LogP contribution in [0.3, 0.4) is 0 Å². The van der Waals surface area contributed by atoms with Gasteiger partial charge in [0.25, 0.3) is 0 Å². The van der Waals surface area contributed by atoms with Crippen LogP contribution in [0.4, 0.5) is 0 Å². The largest absolute Gasteiger partial charge is 0.497 e. The van der Waals surface area contributed by atoms with Crippen molar-refractivity contribution in [3.8, 4) is 17.0 Å². The number of allylic oxidation sites excluding steroid dienone is 1. The fraction of sp³-hybridized carbons (Fsp3) is 0.143. The number of methoxy groups -OCH3 is 1. The molecule has 1 aliphatic heterocycles. The highest BCUT2D eigenvalue weighted by Gasteiger charge is 2.39. The van der Waals surface area contributed by atoms with E-state index in [4.69, 9.17) is 9.47 Å². The maximum Gasteiger partial charge on any atom is 0.244 e. The first-order valence-corrected chi connectivity index (χ1v) is 9.69. The third-order valence-electron chi connectivity index (χ3n) is 5.13. The zero-order valence-electron chi connectivity index (χ0n) is 15.3. The summed E-state index contributed by atoms with van der Waals surface area (Å²) in [6, 6.07) is 12.6. The number of Topliss-reactive ketones (excluding diaryl/α,β-unsaturated/α-hetero) is 2. The van der Waals surface area contributed by atoms with Crippen molar-refractivity contribution in [1.29, 1.82) is 0 Å². The van der Waals surface area contributed by atoms with Crippen molar-refractivity contribution in [2.75, 3.05) is 13.7 Å². The fourth-order valence-electron chi connectivity index (χ4n) is 3.65. The normalized spacial score (nSPS) is 17.8. The fourth-order valence-corrected chi connectivity index (χ4v) is 4.15. The van der Waals surface area contributed by atoms with Crippen molar-refractivity contribution in [1.82, 2.24) is 15.0 Å². The first-order valence-electron chi connectivity index (χ1n) is 8.89. The van der Waals surface area contributed by atoms with Gasteiger partial charge in [-0.1, -0.05) is 23.4 Å². The Morgan fingerprint density at radius 2 is 1.93 bits per heavy atom. The van der Waals surface area contributed by atoms with Crippen molar-refractivity contribution in [2.45, 2.75) is 6.04 Å². The van der Waals surface area contributed by atoms with Crippen LogP contribution in [0, 0.1) is 0 Å². The van der Waals surface area contributed by atoms with Crippen LogP contribution in [-0.2, 0) is 9.53 Å². The van der Waals surface area contributed by atoms with Crippen molar-refractivity contribution < 1.29 is 19.1 Å². The number of benzene rings is 2. The molecule has 0 amide bonds. The van der Waals surface area contributed by atoms with Gasteiger partial charge in [-0.3, -0.25) is 9.59 Å². The van der Waals surface area contributed by atoms with E-state index >= 15 is 0 Å². The zero-order valence-corrected chi connectivity index (χ0v) is 16.8. The van der Waals surface area contributed by atoms with Crippen LogP contribution in [0.2, 0.25) is 0 Å². The first kappa shape index (κ1) is 17.8. The second-order valence-corrected chi connectivity index (χ2v) is 7.50. The van der Waals surface area contributed by atoms with Crippen molar-refractivity contribution in [3.63, 3.8) is 0 Å². The summed E-state index contributed by atoms with van der Waals surface area (Å²) in [7, 11) is 1.62. The highest BCUT2D eigenvalue weighted by molar-refractivity contribution is 9.12. The van der Waals surface area contributed by atoms with Gasteiger partial charge in [0.2, 0.25) is 11.6 Å². The van der Waals surface area contributed by atoms with Gasteiger partial charge >= 0.3 is 0 Å². The van der Waals surface area contributed by atoms with E-state index in [9.17, 15) is 9.59 Å². The summed E-state index contributed by atoms with van der Waals surface area (Å²) in [6.45, 7) is 0.272. The molecular formula is C21H14BrN3O4. The summed E-state index contributed by atoms with van der Waals surface area (Å²) >= 11 is 3.22. The Bertz CT molecular complexity index is 1200. The summed E-state index contributed by atoms with van der Waals surface area (Å²) in [5, 5.41) is 8.57. The summed E-state index contributed by atoms with van der Waals surface area (Å²) in [4.78, 5) is 24.6. The minimum atomic E-state index is -0.592. The Kier molecular flexibility index (Phi) is 4.09. The lowest BCUT2D eigenvalue weighted by atomic mass is 9.86. The van der Waals surface area contributed by atoms with Gasteiger partial charge < -0.3 is 9.47 Å². The van der Waals surface area contributed by atoms with E-state index in [1.165, 1.54) is 0 Å². The SMILES string of the molecule is COc1ccc(-c2cn(C3COC4=C(Br)C(=O)C(=O)c5cccc3c54)nn2)cc1. The Morgan fingerprint density at radius 1 is 1.14 bits per heavy atom. The maximum absolute atomic E-state index is 12.4. The van der Waals surface area contributed by atoms with Gasteiger partial charge in [-0.15, -0.1) is 5.10 Å². The van der Waals surface area contributed by atoms with E-state index in [0.717, 1.165) is 16.9 Å². The second kappa shape index (κ2) is 6.66. The van der Waals surface area contributed by atoms with E-state index in [1.54, 1.807) is 23.9 Å². The van der Waals surface area contributed by atoms with Gasteiger partial charge in [0.15, 0.2) is 0 Å². The van der Waals surface area contributed by atoms with Crippen molar-refractivity contribution >= 4 is 33.3 Å². The molecule has 0 radical (unpaired) electrons. The number of hydrogen-bond donors (Lipinski definition) is 0. The van der Waals surface area contributed by atoms with E-state index in [1.807, 2.05) is 36.5 Å². The number of nitrogens with zero attached hydrogens (tertiary/aromatic N) is 3. The van der Waals surface area contributed by atoms with E-state index in [0.29, 0.717) is 22.6 Å². The molecule has 7 nitrogen and oxygen atoms in total. The van der Waals surface area contributed by atoms with Gasteiger partial charge in [-0.2, -0.15) is 0 Å². The number of hydrogen-bond acceptors (Lipinski definition) is 6. The lowest BCUT2D eigenvalue weighted by Gasteiger charge is -2.31. The molecule has 0 bridgehead atoms. The second-order valence-electron chi connectivity index (χ2n) is 6.71. The molecule has 0 N–H and O–H groups in total. The monoisotopic (exact) mass is 451 g/mol. The van der Waals surface area contributed by atoms with Gasteiger partial charge in [-0.25, -0.2) is 4.68 Å². The molecule has 1 atom stereocenters. The molecule has 3 aromatic rings. The number of aromatic nitrogens is 3. The Balaban J connectivity index is 1.57. The molecule has 144 valence electrons. The van der Waals surface area contributed by atoms with Crippen LogP contribution in [-0.4, -0.2) is 40.3 Å². The van der Waals surface area contributed by atoms with E-state index in [-0.39, 0.29) is 17.1 Å². The standard InChI is InChI=1S/C21H14BrN3O4/c1-28-12-7-5-11(6-8-12)15-9-25(24-23-15)16-10-29-21-17-13(16)3-2-4-14(17)19(26)20(27)18(21)22/h2-9,16H,10H2,1H3. The predicted molar refractivity (Wildman–Crippen MR) is 108 cm³/mol. The number of carbonyl (C=O) groups is 2. The smallest absolute Gasteiger partial charge is 0.244 e. The molecule has 2 heterocycles. The van der Waals surface area contributed by atoms with E-state index in [2.05, 4.69) is 26.2 Å². The van der Waals surface area contributed by atoms with Crippen LogP contribution >= 0.6 is 15.9 Å². The lowest BCUT2D eigenvalue weighted by molar-refractivity contribution is -0.111. The molecule has 1 unspecified atom stereocenters. The number of halogens is 1. The highest BCUT2D eigenvalue weighted by Crippen LogP contribution is 2.42. The average molecular weight is 452 g/mol. The van der Waals surface area contributed by atoms with E-state index < -0.39 is 11.6 Å². The van der Waals surface area contributed by atoms with Gasteiger partial charge in [0, 0.05) is 16.7 Å². The minimum Gasteiger partial charge on any atom is -0.497 e. The Hall–Kier alpha value is -3.26. The van der Waals surface area contributed by atoms with Crippen LogP contribution in [0.1, 0.15) is 27.5 Å². The topological polar surface area (TPSA) is 83.3 Å². The molecule has 0 spiro atoms. The van der Waals surface area contributed by atoms with Crippen LogP contribution in [0.25, 0.3) is 17.0 Å². The Labute approximate surface area is 174 Å². The quantitative estimate of drug-likeness (QED) is 0.567. The zero-order chi connectivity index (χ0) is 20.1. The maximum atomic E-state index is 12.4. The molecule has 2 aromatic carbocycles. The summed E-state index contributed by atoms with van der Waals surface area (Å²) in [5.41, 5.74) is 3.49. The number of carbonyl (C=O) groups excluding carboxylic acids is 2. The number of ether oxygens (including phenoxy) is 2. The van der Waals surface area contributed by atoms with Crippen molar-refractivity contribution in [2.24, 2.45) is 0 Å². The van der Waals surface area contributed by atoms with Gasteiger partial charge in [0.1, 0.15) is 34.3 Å². The highest BCUT2D eigenvalue weighted by atomic mass is 79.9. The molecule has 5 rings (SSSR count). The molecule has 8 heteroatoms. The van der Waals surface area contributed by atoms with Gasteiger partial charge in [0.05, 0.1) is 13.3 Å². The van der Waals surface area contributed by atoms with Crippen molar-refractivity contribution in [3.05, 3.63) is 69.8 Å². The summed E-state index contributed by atoms with van der Waals surface area (Å²) < 4.78 is 13.0. The molecule has 29 heavy (non-hydrogen) atoms. The molecule has 1 aliphatic carbocycles. The Morgan fingerprint density at radius 3 is 2.69 bits per heavy atom. The lowest BCUT2D eigenvalue weighted by Crippen LogP contribution is -2.30. The third kappa shape index (κ3) is 2.71. The van der Waals surface area contributed by atoms with Crippen LogP contribution in [0.5, 0.6) is 5.75 Å². The van der Waals surface area contributed by atoms with Crippen LogP contribution < -0.4 is 4.74 Å². The molecule has 0 fully saturated rings. The molecule has 0 saturated heterocycles. The number of ketones is 2. The third-order valence-corrected chi connectivity index (χ3v) is 5.85. The minimum absolute atomic E-state index is 0.165. The summed E-state index contributed by atoms with van der Waals surface area (Å²) in [5.74, 6) is 0.0404. The predicted octanol–water partition coefficient (Wildman–Crippen LogP) is 3.40. The molecular weight excluding hydrogens is 438 g/mol. The summed E-state index contributed by atoms with van der Waals surface area (Å²) in [6.07, 6.45) is 1.84. The van der Waals surface area contributed by atoms with Gasteiger partial charge in [-0.05, 0) is 45.8 Å². The molecule has 0 saturated carbocycles. The van der Waals surface area contributed by atoms with Crippen LogP contribution in [0.15, 0.2) is 53.1 Å². The molecule has 2 aliphatic rings.